The summed E-state index contributed by atoms with van der Waals surface area (Å²) in [4.78, 5) is 25.4. The zero-order chi connectivity index (χ0) is 23.5. The van der Waals surface area contributed by atoms with E-state index in [0.717, 1.165) is 34.8 Å². The summed E-state index contributed by atoms with van der Waals surface area (Å²) >= 11 is 0. The Kier molecular flexibility index (Phi) is 6.48. The molecule has 2 aromatic carbocycles. The van der Waals surface area contributed by atoms with Crippen molar-refractivity contribution in [1.29, 1.82) is 0 Å². The Hall–Kier alpha value is -3.62. The van der Waals surface area contributed by atoms with Gasteiger partial charge < -0.3 is 15.1 Å². The fraction of sp³-hybridized carbons (Fsp3) is 0.292. The van der Waals surface area contributed by atoms with Gasteiger partial charge in [-0.1, -0.05) is 12.1 Å². The van der Waals surface area contributed by atoms with E-state index in [1.807, 2.05) is 19.9 Å². The molecule has 1 aliphatic rings. The van der Waals surface area contributed by atoms with Crippen LogP contribution < -0.4 is 10.2 Å². The lowest BCUT2D eigenvalue weighted by molar-refractivity contribution is 0.208. The molecule has 1 aliphatic heterocycles. The summed E-state index contributed by atoms with van der Waals surface area (Å²) in [5, 5.41) is 2.49. The lowest BCUT2D eigenvalue weighted by atomic mass is 10.0. The molecular weight excluding hydrogens is 431 g/mol. The van der Waals surface area contributed by atoms with E-state index in [4.69, 9.17) is 0 Å². The van der Waals surface area contributed by atoms with E-state index in [-0.39, 0.29) is 11.5 Å². The summed E-state index contributed by atoms with van der Waals surface area (Å²) < 4.78 is 40.6. The van der Waals surface area contributed by atoms with Crippen LogP contribution in [0.1, 0.15) is 22.6 Å². The van der Waals surface area contributed by atoms with Crippen LogP contribution in [0.5, 0.6) is 0 Å². The molecule has 172 valence electrons. The highest BCUT2D eigenvalue weighted by Gasteiger charge is 2.25. The molecule has 1 N–H and O–H groups in total. The standard InChI is InChI=1S/C24H24F3N5O/c1-15-20(13-17-4-3-5-18(25)12-17)23(29-16(2)28-15)31-8-10-32(11-9-31)24(33)30-22-7-6-19(26)14-21(22)27/h3-7,12,14H,8-11,13H2,1-2H3,(H,30,33). The second-order valence-corrected chi connectivity index (χ2v) is 7.99. The third-order valence-corrected chi connectivity index (χ3v) is 5.61. The Morgan fingerprint density at radius 1 is 0.970 bits per heavy atom. The molecule has 0 aliphatic carbocycles. The SMILES string of the molecule is Cc1nc(C)c(Cc2cccc(F)c2)c(N2CCN(C(=O)Nc3ccc(F)cc3F)CC2)n1. The minimum absolute atomic E-state index is 0.0664. The van der Waals surface area contributed by atoms with Crippen molar-refractivity contribution in [3.05, 3.63) is 82.6 Å². The average molecular weight is 455 g/mol. The van der Waals surface area contributed by atoms with Crippen LogP contribution in [0, 0.1) is 31.3 Å². The van der Waals surface area contributed by atoms with E-state index < -0.39 is 17.7 Å². The topological polar surface area (TPSA) is 61.4 Å². The van der Waals surface area contributed by atoms with Crippen LogP contribution in [0.25, 0.3) is 0 Å². The van der Waals surface area contributed by atoms with Gasteiger partial charge in [0.25, 0.3) is 0 Å². The monoisotopic (exact) mass is 455 g/mol. The minimum Gasteiger partial charge on any atom is -0.353 e. The summed E-state index contributed by atoms with van der Waals surface area (Å²) in [5.41, 5.74) is 2.50. The summed E-state index contributed by atoms with van der Waals surface area (Å²) in [6.45, 7) is 5.57. The molecule has 0 radical (unpaired) electrons. The van der Waals surface area contributed by atoms with Gasteiger partial charge in [-0.2, -0.15) is 0 Å². The summed E-state index contributed by atoms with van der Waals surface area (Å²) in [6, 6.07) is 9.02. The molecule has 0 spiro atoms. The fourth-order valence-corrected chi connectivity index (χ4v) is 3.94. The van der Waals surface area contributed by atoms with Crippen LogP contribution in [-0.4, -0.2) is 47.1 Å². The molecule has 4 rings (SSSR count). The van der Waals surface area contributed by atoms with Gasteiger partial charge in [-0.15, -0.1) is 0 Å². The highest BCUT2D eigenvalue weighted by molar-refractivity contribution is 5.89. The van der Waals surface area contributed by atoms with Crippen molar-refractivity contribution in [2.24, 2.45) is 0 Å². The number of aromatic nitrogens is 2. The van der Waals surface area contributed by atoms with E-state index in [9.17, 15) is 18.0 Å². The first-order valence-electron chi connectivity index (χ1n) is 10.6. The van der Waals surface area contributed by atoms with E-state index in [1.165, 1.54) is 18.2 Å². The second kappa shape index (κ2) is 9.48. The van der Waals surface area contributed by atoms with Gasteiger partial charge in [-0.05, 0) is 43.7 Å². The maximum Gasteiger partial charge on any atom is 0.322 e. The number of carbonyl (C=O) groups excluding carboxylic acids is 1. The molecule has 1 saturated heterocycles. The number of hydrogen-bond donors (Lipinski definition) is 1. The second-order valence-electron chi connectivity index (χ2n) is 7.99. The number of piperazine rings is 1. The van der Waals surface area contributed by atoms with Crippen molar-refractivity contribution in [3.8, 4) is 0 Å². The number of halogens is 3. The Balaban J connectivity index is 1.47. The molecule has 2 amide bonds. The number of amides is 2. The Bertz CT molecular complexity index is 1180. The molecule has 0 saturated carbocycles. The van der Waals surface area contributed by atoms with Crippen molar-refractivity contribution >= 4 is 17.5 Å². The van der Waals surface area contributed by atoms with Crippen molar-refractivity contribution in [1.82, 2.24) is 14.9 Å². The van der Waals surface area contributed by atoms with Gasteiger partial charge in [0.2, 0.25) is 0 Å². The van der Waals surface area contributed by atoms with Crippen molar-refractivity contribution in [2.75, 3.05) is 36.4 Å². The number of carbonyl (C=O) groups is 1. The molecule has 1 aromatic heterocycles. The molecule has 0 unspecified atom stereocenters. The Labute approximate surface area is 190 Å². The van der Waals surface area contributed by atoms with E-state index >= 15 is 0 Å². The van der Waals surface area contributed by atoms with Crippen molar-refractivity contribution < 1.29 is 18.0 Å². The lowest BCUT2D eigenvalue weighted by Crippen LogP contribution is -2.50. The normalized spacial score (nSPS) is 13.8. The lowest BCUT2D eigenvalue weighted by Gasteiger charge is -2.36. The van der Waals surface area contributed by atoms with Crippen LogP contribution in [0.2, 0.25) is 0 Å². The average Bonchev–Trinajstić information content (AvgIpc) is 2.77. The van der Waals surface area contributed by atoms with Crippen molar-refractivity contribution in [3.63, 3.8) is 0 Å². The highest BCUT2D eigenvalue weighted by atomic mass is 19.1. The molecule has 33 heavy (non-hydrogen) atoms. The van der Waals surface area contributed by atoms with Gasteiger partial charge in [0.15, 0.2) is 0 Å². The van der Waals surface area contributed by atoms with Gasteiger partial charge in [0.1, 0.15) is 29.1 Å². The predicted molar refractivity (Wildman–Crippen MR) is 120 cm³/mol. The smallest absolute Gasteiger partial charge is 0.322 e. The third kappa shape index (κ3) is 5.24. The fourth-order valence-electron chi connectivity index (χ4n) is 3.94. The zero-order valence-corrected chi connectivity index (χ0v) is 18.4. The first-order chi connectivity index (χ1) is 15.8. The largest absolute Gasteiger partial charge is 0.353 e. The molecule has 6 nitrogen and oxygen atoms in total. The summed E-state index contributed by atoms with van der Waals surface area (Å²) in [6.07, 6.45) is 0.490. The number of aryl methyl sites for hydroxylation is 2. The number of rotatable bonds is 4. The van der Waals surface area contributed by atoms with Gasteiger partial charge >= 0.3 is 6.03 Å². The van der Waals surface area contributed by atoms with Gasteiger partial charge in [-0.25, -0.2) is 27.9 Å². The van der Waals surface area contributed by atoms with Gasteiger partial charge in [0, 0.05) is 49.9 Å². The van der Waals surface area contributed by atoms with Crippen LogP contribution >= 0.6 is 0 Å². The Morgan fingerprint density at radius 3 is 2.39 bits per heavy atom. The quantitative estimate of drug-likeness (QED) is 0.631. The van der Waals surface area contributed by atoms with E-state index in [1.54, 1.807) is 11.0 Å². The number of nitrogens with zero attached hydrogens (tertiary/aromatic N) is 4. The molecule has 9 heteroatoms. The first kappa shape index (κ1) is 22.6. The van der Waals surface area contributed by atoms with Gasteiger partial charge in [0.05, 0.1) is 5.69 Å². The Morgan fingerprint density at radius 2 is 1.70 bits per heavy atom. The highest BCUT2D eigenvalue weighted by Crippen LogP contribution is 2.26. The molecular formula is C24H24F3N5O. The van der Waals surface area contributed by atoms with E-state index in [0.29, 0.717) is 38.4 Å². The summed E-state index contributed by atoms with van der Waals surface area (Å²) in [7, 11) is 0. The minimum atomic E-state index is -0.823. The number of benzene rings is 2. The molecule has 1 fully saturated rings. The molecule has 0 atom stereocenters. The van der Waals surface area contributed by atoms with Crippen LogP contribution in [0.4, 0.5) is 29.5 Å². The summed E-state index contributed by atoms with van der Waals surface area (Å²) in [5.74, 6) is -0.414. The van der Waals surface area contributed by atoms with Crippen molar-refractivity contribution in [2.45, 2.75) is 20.3 Å². The number of hydrogen-bond acceptors (Lipinski definition) is 4. The molecule has 3 aromatic rings. The van der Waals surface area contributed by atoms with E-state index in [2.05, 4.69) is 20.2 Å². The maximum absolute atomic E-state index is 13.9. The van der Waals surface area contributed by atoms with Gasteiger partial charge in [-0.3, -0.25) is 0 Å². The number of nitrogens with one attached hydrogen (secondary N) is 1. The first-order valence-corrected chi connectivity index (χ1v) is 10.6. The van der Waals surface area contributed by atoms with Crippen LogP contribution in [-0.2, 0) is 6.42 Å². The maximum atomic E-state index is 13.9. The zero-order valence-electron chi connectivity index (χ0n) is 18.4. The molecule has 0 bridgehead atoms. The van der Waals surface area contributed by atoms with Crippen LogP contribution in [0.3, 0.4) is 0 Å². The predicted octanol–water partition coefficient (Wildman–Crippen LogP) is 4.46. The number of urea groups is 1. The molecule has 2 heterocycles. The third-order valence-electron chi connectivity index (χ3n) is 5.61. The van der Waals surface area contributed by atoms with Crippen LogP contribution in [0.15, 0.2) is 42.5 Å². The number of anilines is 2.